The normalized spacial score (nSPS) is 20.4. The van der Waals surface area contributed by atoms with Gasteiger partial charge in [0, 0.05) is 18.7 Å². The maximum absolute atomic E-state index is 5.55. The maximum Gasteiger partial charge on any atom is 0.226 e. The fraction of sp³-hybridized carbons (Fsp3) is 0.400. The van der Waals surface area contributed by atoms with Crippen LogP contribution in [0, 0.1) is 5.92 Å². The van der Waals surface area contributed by atoms with E-state index in [9.17, 15) is 0 Å². The third-order valence-electron chi connectivity index (χ3n) is 3.47. The van der Waals surface area contributed by atoms with E-state index in [1.165, 1.54) is 19.5 Å². The molecule has 1 aliphatic rings. The summed E-state index contributed by atoms with van der Waals surface area (Å²) in [5, 5.41) is 0. The highest BCUT2D eigenvalue weighted by Crippen LogP contribution is 2.21. The van der Waals surface area contributed by atoms with Crippen molar-refractivity contribution in [3.63, 3.8) is 0 Å². The smallest absolute Gasteiger partial charge is 0.226 e. The molecule has 2 aromatic rings. The van der Waals surface area contributed by atoms with Crippen LogP contribution in [0.3, 0.4) is 0 Å². The summed E-state index contributed by atoms with van der Waals surface area (Å²) < 4.78 is 5.55. The molecule has 0 saturated carbocycles. The van der Waals surface area contributed by atoms with Gasteiger partial charge in [-0.25, -0.2) is 4.98 Å². The van der Waals surface area contributed by atoms with E-state index in [-0.39, 0.29) is 0 Å². The highest BCUT2D eigenvalue weighted by molar-refractivity contribution is 5.52. The first kappa shape index (κ1) is 11.5. The van der Waals surface area contributed by atoms with Gasteiger partial charge in [-0.2, -0.15) is 0 Å². The lowest BCUT2D eigenvalue weighted by atomic mass is 10.2. The molecule has 0 bridgehead atoms. The Morgan fingerprint density at radius 1 is 1.33 bits per heavy atom. The van der Waals surface area contributed by atoms with Gasteiger partial charge in [-0.1, -0.05) is 25.1 Å². The molecular formula is C15H18N2O. The van der Waals surface area contributed by atoms with Crippen LogP contribution in [0.2, 0.25) is 0 Å². The van der Waals surface area contributed by atoms with Crippen LogP contribution in [0.25, 0.3) is 11.5 Å². The van der Waals surface area contributed by atoms with Crippen LogP contribution in [0.15, 0.2) is 41.0 Å². The molecule has 1 aromatic carbocycles. The number of likely N-dealkylation sites (tertiary alicyclic amines) is 1. The summed E-state index contributed by atoms with van der Waals surface area (Å²) in [5.41, 5.74) is 2.07. The molecule has 0 aliphatic carbocycles. The summed E-state index contributed by atoms with van der Waals surface area (Å²) in [6, 6.07) is 10.0. The number of hydrogen-bond donors (Lipinski definition) is 0. The number of benzene rings is 1. The molecule has 2 heterocycles. The minimum absolute atomic E-state index is 0.720. The fourth-order valence-electron chi connectivity index (χ4n) is 2.49. The van der Waals surface area contributed by atoms with Gasteiger partial charge < -0.3 is 4.42 Å². The average molecular weight is 242 g/mol. The number of aromatic nitrogens is 1. The van der Waals surface area contributed by atoms with Crippen LogP contribution in [0.5, 0.6) is 0 Å². The van der Waals surface area contributed by atoms with Crippen molar-refractivity contribution in [2.75, 3.05) is 13.1 Å². The Bertz CT molecular complexity index is 506. The van der Waals surface area contributed by atoms with E-state index in [1.54, 1.807) is 6.26 Å². The van der Waals surface area contributed by atoms with E-state index in [0.717, 1.165) is 29.6 Å². The second kappa shape index (κ2) is 4.94. The van der Waals surface area contributed by atoms with Crippen LogP contribution >= 0.6 is 0 Å². The van der Waals surface area contributed by atoms with E-state index < -0.39 is 0 Å². The minimum Gasteiger partial charge on any atom is -0.444 e. The Hall–Kier alpha value is -1.61. The van der Waals surface area contributed by atoms with Gasteiger partial charge in [-0.3, -0.25) is 4.90 Å². The van der Waals surface area contributed by atoms with Crippen molar-refractivity contribution in [1.82, 2.24) is 9.88 Å². The first-order valence-corrected chi connectivity index (χ1v) is 6.53. The Morgan fingerprint density at radius 3 is 2.89 bits per heavy atom. The van der Waals surface area contributed by atoms with Gasteiger partial charge in [-0.15, -0.1) is 0 Å². The molecule has 0 amide bonds. The zero-order chi connectivity index (χ0) is 12.4. The first-order chi connectivity index (χ1) is 8.81. The van der Waals surface area contributed by atoms with E-state index in [2.05, 4.69) is 16.8 Å². The van der Waals surface area contributed by atoms with Gasteiger partial charge in [0.05, 0.1) is 5.69 Å². The highest BCUT2D eigenvalue weighted by Gasteiger charge is 2.19. The van der Waals surface area contributed by atoms with Crippen molar-refractivity contribution in [2.45, 2.75) is 19.9 Å². The lowest BCUT2D eigenvalue weighted by Gasteiger charge is -2.12. The zero-order valence-electron chi connectivity index (χ0n) is 10.7. The lowest BCUT2D eigenvalue weighted by molar-refractivity contribution is 0.316. The predicted molar refractivity (Wildman–Crippen MR) is 71.0 cm³/mol. The molecular weight excluding hydrogens is 224 g/mol. The number of hydrogen-bond acceptors (Lipinski definition) is 3. The molecule has 1 saturated heterocycles. The standard InChI is InChI=1S/C15H18N2O/c1-12-7-8-17(9-12)10-14-11-18-15(16-14)13-5-3-2-4-6-13/h2-6,11-12H,7-10H2,1H3. The summed E-state index contributed by atoms with van der Waals surface area (Å²) >= 11 is 0. The van der Waals surface area contributed by atoms with Crippen molar-refractivity contribution < 1.29 is 4.42 Å². The Kier molecular flexibility index (Phi) is 3.15. The van der Waals surface area contributed by atoms with Gasteiger partial charge in [0.25, 0.3) is 0 Å². The number of nitrogens with zero attached hydrogens (tertiary/aromatic N) is 2. The van der Waals surface area contributed by atoms with E-state index in [4.69, 9.17) is 4.42 Å². The molecule has 3 rings (SSSR count). The van der Waals surface area contributed by atoms with Crippen molar-refractivity contribution in [2.24, 2.45) is 5.92 Å². The third kappa shape index (κ3) is 2.46. The molecule has 1 unspecified atom stereocenters. The quantitative estimate of drug-likeness (QED) is 0.827. The Morgan fingerprint density at radius 2 is 2.17 bits per heavy atom. The summed E-state index contributed by atoms with van der Waals surface area (Å²) in [6.07, 6.45) is 3.08. The van der Waals surface area contributed by atoms with Crippen LogP contribution in [0.4, 0.5) is 0 Å². The van der Waals surface area contributed by atoms with Crippen molar-refractivity contribution in [3.05, 3.63) is 42.3 Å². The summed E-state index contributed by atoms with van der Waals surface area (Å²) in [4.78, 5) is 7.00. The first-order valence-electron chi connectivity index (χ1n) is 6.53. The monoisotopic (exact) mass is 242 g/mol. The lowest BCUT2D eigenvalue weighted by Crippen LogP contribution is -2.19. The molecule has 94 valence electrons. The molecule has 0 radical (unpaired) electrons. The summed E-state index contributed by atoms with van der Waals surface area (Å²) in [5.74, 6) is 1.53. The third-order valence-corrected chi connectivity index (χ3v) is 3.47. The largest absolute Gasteiger partial charge is 0.444 e. The summed E-state index contributed by atoms with van der Waals surface area (Å²) in [7, 11) is 0. The Labute approximate surface area is 107 Å². The summed E-state index contributed by atoms with van der Waals surface area (Å²) in [6.45, 7) is 5.56. The van der Waals surface area contributed by atoms with Crippen molar-refractivity contribution >= 4 is 0 Å². The molecule has 0 N–H and O–H groups in total. The molecule has 1 aliphatic heterocycles. The number of rotatable bonds is 3. The molecule has 1 atom stereocenters. The van der Waals surface area contributed by atoms with Crippen LogP contribution in [0.1, 0.15) is 19.0 Å². The van der Waals surface area contributed by atoms with Gasteiger partial charge in [-0.05, 0) is 31.0 Å². The highest BCUT2D eigenvalue weighted by atomic mass is 16.3. The van der Waals surface area contributed by atoms with Crippen molar-refractivity contribution in [3.8, 4) is 11.5 Å². The van der Waals surface area contributed by atoms with E-state index in [1.807, 2.05) is 30.3 Å². The second-order valence-corrected chi connectivity index (χ2v) is 5.14. The van der Waals surface area contributed by atoms with Gasteiger partial charge in [0.2, 0.25) is 5.89 Å². The fourth-order valence-corrected chi connectivity index (χ4v) is 2.49. The molecule has 18 heavy (non-hydrogen) atoms. The zero-order valence-corrected chi connectivity index (χ0v) is 10.7. The maximum atomic E-state index is 5.55. The molecule has 1 fully saturated rings. The van der Waals surface area contributed by atoms with Crippen LogP contribution < -0.4 is 0 Å². The molecule has 0 spiro atoms. The molecule has 1 aromatic heterocycles. The molecule has 3 nitrogen and oxygen atoms in total. The van der Waals surface area contributed by atoms with E-state index >= 15 is 0 Å². The Balaban J connectivity index is 1.70. The topological polar surface area (TPSA) is 29.3 Å². The number of oxazole rings is 1. The second-order valence-electron chi connectivity index (χ2n) is 5.14. The average Bonchev–Trinajstić information content (AvgIpc) is 3.01. The van der Waals surface area contributed by atoms with Crippen LogP contribution in [-0.4, -0.2) is 23.0 Å². The van der Waals surface area contributed by atoms with Crippen molar-refractivity contribution in [1.29, 1.82) is 0 Å². The minimum atomic E-state index is 0.720. The van der Waals surface area contributed by atoms with Gasteiger partial charge in [0.1, 0.15) is 6.26 Å². The van der Waals surface area contributed by atoms with E-state index in [0.29, 0.717) is 0 Å². The molecule has 3 heteroatoms. The predicted octanol–water partition coefficient (Wildman–Crippen LogP) is 3.18. The van der Waals surface area contributed by atoms with Gasteiger partial charge in [0.15, 0.2) is 0 Å². The van der Waals surface area contributed by atoms with Crippen LogP contribution in [-0.2, 0) is 6.54 Å². The van der Waals surface area contributed by atoms with Gasteiger partial charge >= 0.3 is 0 Å². The SMILES string of the molecule is CC1CCN(Cc2coc(-c3ccccc3)n2)C1.